The minimum atomic E-state index is 0.310. The Kier molecular flexibility index (Phi) is 5.15. The number of hydrogen-bond donors (Lipinski definition) is 2. The Balaban J connectivity index is 1.71. The van der Waals surface area contributed by atoms with E-state index in [1.807, 2.05) is 10.9 Å². The van der Waals surface area contributed by atoms with Gasteiger partial charge in [0.25, 0.3) is 0 Å². The van der Waals surface area contributed by atoms with Gasteiger partial charge in [0.2, 0.25) is 0 Å². The van der Waals surface area contributed by atoms with Gasteiger partial charge in [0.1, 0.15) is 0 Å². The van der Waals surface area contributed by atoms with Crippen LogP contribution < -0.4 is 10.6 Å². The van der Waals surface area contributed by atoms with Crippen molar-refractivity contribution in [2.24, 2.45) is 0 Å². The van der Waals surface area contributed by atoms with Crippen LogP contribution in [0, 0.1) is 6.92 Å². The van der Waals surface area contributed by atoms with E-state index in [0.29, 0.717) is 17.8 Å². The summed E-state index contributed by atoms with van der Waals surface area (Å²) >= 11 is 5.26. The highest BCUT2D eigenvalue weighted by Gasteiger charge is 2.15. The molecule has 1 aromatic heterocycles. The van der Waals surface area contributed by atoms with Crippen molar-refractivity contribution in [1.82, 2.24) is 20.4 Å². The van der Waals surface area contributed by atoms with E-state index in [-0.39, 0.29) is 0 Å². The highest BCUT2D eigenvalue weighted by Crippen LogP contribution is 2.10. The summed E-state index contributed by atoms with van der Waals surface area (Å²) in [6.45, 7) is 7.44. The average Bonchev–Trinajstić information content (AvgIpc) is 3.04. The molecule has 2 rings (SSSR count). The van der Waals surface area contributed by atoms with Crippen molar-refractivity contribution in [3.05, 3.63) is 17.5 Å². The molecule has 0 bridgehead atoms. The molecule has 1 aliphatic rings. The first-order valence-electron chi connectivity index (χ1n) is 6.85. The molecule has 6 heteroatoms. The van der Waals surface area contributed by atoms with Gasteiger partial charge in [-0.1, -0.05) is 0 Å². The maximum absolute atomic E-state index is 5.54. The molecule has 0 saturated carbocycles. The van der Waals surface area contributed by atoms with Gasteiger partial charge in [0.15, 0.2) is 5.11 Å². The van der Waals surface area contributed by atoms with Gasteiger partial charge >= 0.3 is 0 Å². The summed E-state index contributed by atoms with van der Waals surface area (Å²) < 4.78 is 7.53. The molecular formula is C13H22N4OS. The number of aromatic nitrogens is 2. The van der Waals surface area contributed by atoms with Crippen LogP contribution in [-0.4, -0.2) is 34.1 Å². The monoisotopic (exact) mass is 282 g/mol. The fourth-order valence-electron chi connectivity index (χ4n) is 2.23. The quantitative estimate of drug-likeness (QED) is 0.799. The molecule has 1 saturated heterocycles. The molecule has 106 valence electrons. The summed E-state index contributed by atoms with van der Waals surface area (Å²) in [5.41, 5.74) is 2.38. The second-order valence-corrected chi connectivity index (χ2v) is 5.18. The summed E-state index contributed by atoms with van der Waals surface area (Å²) in [6, 6.07) is 0. The maximum atomic E-state index is 5.54. The Morgan fingerprint density at radius 3 is 3.05 bits per heavy atom. The van der Waals surface area contributed by atoms with E-state index in [1.54, 1.807) is 0 Å². The van der Waals surface area contributed by atoms with Crippen molar-refractivity contribution in [2.45, 2.75) is 45.9 Å². The van der Waals surface area contributed by atoms with E-state index in [1.165, 1.54) is 11.3 Å². The first-order valence-corrected chi connectivity index (χ1v) is 7.26. The lowest BCUT2D eigenvalue weighted by atomic mass is 10.2. The molecule has 1 unspecified atom stereocenters. The van der Waals surface area contributed by atoms with E-state index in [9.17, 15) is 0 Å². The molecule has 0 amide bonds. The molecule has 2 heterocycles. The first kappa shape index (κ1) is 14.3. The van der Waals surface area contributed by atoms with Gasteiger partial charge in [0, 0.05) is 37.5 Å². The van der Waals surface area contributed by atoms with Crippen LogP contribution in [-0.2, 0) is 17.8 Å². The van der Waals surface area contributed by atoms with Crippen LogP contribution in [0.1, 0.15) is 31.0 Å². The standard InChI is InChI=1S/C13H22N4OS/c1-3-17-10(2)11(8-16-17)7-14-13(19)15-9-12-5-4-6-18-12/h8,12H,3-7,9H2,1-2H3,(H2,14,15,19). The van der Waals surface area contributed by atoms with Gasteiger partial charge in [-0.05, 0) is 38.9 Å². The molecular weight excluding hydrogens is 260 g/mol. The van der Waals surface area contributed by atoms with Crippen molar-refractivity contribution in [3.63, 3.8) is 0 Å². The fraction of sp³-hybridized carbons (Fsp3) is 0.692. The third kappa shape index (κ3) is 3.91. The Hall–Kier alpha value is -1.14. The largest absolute Gasteiger partial charge is 0.376 e. The highest BCUT2D eigenvalue weighted by atomic mass is 32.1. The fourth-order valence-corrected chi connectivity index (χ4v) is 2.38. The average molecular weight is 282 g/mol. The number of aryl methyl sites for hydroxylation is 1. The third-order valence-corrected chi connectivity index (χ3v) is 3.75. The van der Waals surface area contributed by atoms with Crippen LogP contribution >= 0.6 is 12.2 Å². The topological polar surface area (TPSA) is 51.1 Å². The predicted octanol–water partition coefficient (Wildman–Crippen LogP) is 1.35. The molecule has 0 radical (unpaired) electrons. The second-order valence-electron chi connectivity index (χ2n) is 4.77. The van der Waals surface area contributed by atoms with Gasteiger partial charge in [-0.2, -0.15) is 5.10 Å². The number of nitrogens with zero attached hydrogens (tertiary/aromatic N) is 2. The number of hydrogen-bond acceptors (Lipinski definition) is 3. The van der Waals surface area contributed by atoms with Gasteiger partial charge in [-0.15, -0.1) is 0 Å². The highest BCUT2D eigenvalue weighted by molar-refractivity contribution is 7.80. The van der Waals surface area contributed by atoms with E-state index in [0.717, 1.165) is 32.5 Å². The number of ether oxygens (including phenoxy) is 1. The maximum Gasteiger partial charge on any atom is 0.166 e. The molecule has 0 spiro atoms. The van der Waals surface area contributed by atoms with Crippen molar-refractivity contribution in [3.8, 4) is 0 Å². The normalized spacial score (nSPS) is 18.5. The van der Waals surface area contributed by atoms with Crippen LogP contribution in [0.2, 0.25) is 0 Å². The summed E-state index contributed by atoms with van der Waals surface area (Å²) in [7, 11) is 0. The van der Waals surface area contributed by atoms with Crippen molar-refractivity contribution < 1.29 is 4.74 Å². The van der Waals surface area contributed by atoms with Gasteiger partial charge in [-0.3, -0.25) is 4.68 Å². The lowest BCUT2D eigenvalue weighted by Crippen LogP contribution is -2.39. The zero-order chi connectivity index (χ0) is 13.7. The molecule has 1 fully saturated rings. The minimum Gasteiger partial charge on any atom is -0.376 e. The molecule has 19 heavy (non-hydrogen) atoms. The predicted molar refractivity (Wildman–Crippen MR) is 79.1 cm³/mol. The Morgan fingerprint density at radius 2 is 2.42 bits per heavy atom. The van der Waals surface area contributed by atoms with Gasteiger partial charge in [0.05, 0.1) is 12.3 Å². The van der Waals surface area contributed by atoms with Gasteiger partial charge in [-0.25, -0.2) is 0 Å². The lowest BCUT2D eigenvalue weighted by molar-refractivity contribution is 0.114. The molecule has 0 aliphatic carbocycles. The van der Waals surface area contributed by atoms with Crippen LogP contribution in [0.3, 0.4) is 0 Å². The molecule has 1 atom stereocenters. The zero-order valence-corrected chi connectivity index (χ0v) is 12.4. The summed E-state index contributed by atoms with van der Waals surface area (Å²) in [5, 5.41) is 11.4. The Morgan fingerprint density at radius 1 is 1.58 bits per heavy atom. The number of rotatable bonds is 5. The second kappa shape index (κ2) is 6.86. The summed E-state index contributed by atoms with van der Waals surface area (Å²) in [4.78, 5) is 0. The molecule has 0 aromatic carbocycles. The van der Waals surface area contributed by atoms with Crippen molar-refractivity contribution >= 4 is 17.3 Å². The van der Waals surface area contributed by atoms with Crippen molar-refractivity contribution in [1.29, 1.82) is 0 Å². The lowest BCUT2D eigenvalue weighted by Gasteiger charge is -2.13. The summed E-state index contributed by atoms with van der Waals surface area (Å²) in [6.07, 6.45) is 4.48. The van der Waals surface area contributed by atoms with E-state index in [4.69, 9.17) is 17.0 Å². The summed E-state index contributed by atoms with van der Waals surface area (Å²) in [5.74, 6) is 0. The van der Waals surface area contributed by atoms with Gasteiger partial charge < -0.3 is 15.4 Å². The smallest absolute Gasteiger partial charge is 0.166 e. The van der Waals surface area contributed by atoms with E-state index >= 15 is 0 Å². The molecule has 1 aromatic rings. The minimum absolute atomic E-state index is 0.310. The number of nitrogens with one attached hydrogen (secondary N) is 2. The van der Waals surface area contributed by atoms with Crippen LogP contribution in [0.4, 0.5) is 0 Å². The third-order valence-electron chi connectivity index (χ3n) is 3.46. The van der Waals surface area contributed by atoms with E-state index < -0.39 is 0 Å². The van der Waals surface area contributed by atoms with E-state index in [2.05, 4.69) is 29.6 Å². The molecule has 2 N–H and O–H groups in total. The Bertz CT molecular complexity index is 426. The zero-order valence-electron chi connectivity index (χ0n) is 11.6. The Labute approximate surface area is 119 Å². The first-order chi connectivity index (χ1) is 9.20. The number of thiocarbonyl (C=S) groups is 1. The molecule has 1 aliphatic heterocycles. The van der Waals surface area contributed by atoms with Crippen LogP contribution in [0.15, 0.2) is 6.20 Å². The van der Waals surface area contributed by atoms with Crippen molar-refractivity contribution in [2.75, 3.05) is 13.2 Å². The van der Waals surface area contributed by atoms with Crippen LogP contribution in [0.5, 0.6) is 0 Å². The van der Waals surface area contributed by atoms with Crippen LogP contribution in [0.25, 0.3) is 0 Å². The SMILES string of the molecule is CCn1ncc(CNC(=S)NCC2CCCO2)c1C. The molecule has 5 nitrogen and oxygen atoms in total.